The van der Waals surface area contributed by atoms with E-state index in [0.29, 0.717) is 17.5 Å². The quantitative estimate of drug-likeness (QED) is 0.185. The van der Waals surface area contributed by atoms with Gasteiger partial charge in [-0.3, -0.25) is 0 Å². The van der Waals surface area contributed by atoms with Crippen molar-refractivity contribution in [3.8, 4) is 56.4 Å². The van der Waals surface area contributed by atoms with E-state index in [4.69, 9.17) is 19.4 Å². The van der Waals surface area contributed by atoms with Crippen molar-refractivity contribution in [3.05, 3.63) is 164 Å². The summed E-state index contributed by atoms with van der Waals surface area (Å²) in [4.78, 5) is 15.0. The third kappa shape index (κ3) is 4.87. The molecule has 234 valence electrons. The minimum absolute atomic E-state index is 0.614. The van der Waals surface area contributed by atoms with Gasteiger partial charge in [0.1, 0.15) is 11.2 Å². The van der Waals surface area contributed by atoms with Gasteiger partial charge in [-0.25, -0.2) is 15.0 Å². The molecule has 0 bridgehead atoms. The molecule has 0 N–H and O–H groups in total. The zero-order chi connectivity index (χ0) is 33.0. The Labute approximate surface area is 292 Å². The van der Waals surface area contributed by atoms with Crippen molar-refractivity contribution in [1.29, 1.82) is 0 Å². The summed E-state index contributed by atoms with van der Waals surface area (Å²) in [6.07, 6.45) is 0. The van der Waals surface area contributed by atoms with Gasteiger partial charge in [-0.15, -0.1) is 11.3 Å². The normalized spacial score (nSPS) is 11.6. The molecule has 3 aromatic heterocycles. The molecule has 5 heteroatoms. The summed E-state index contributed by atoms with van der Waals surface area (Å²) in [6.45, 7) is 0. The lowest BCUT2D eigenvalue weighted by molar-refractivity contribution is 0.669. The number of fused-ring (bicyclic) bond motifs is 6. The van der Waals surface area contributed by atoms with Crippen LogP contribution in [0.15, 0.2) is 168 Å². The van der Waals surface area contributed by atoms with Crippen molar-refractivity contribution in [3.63, 3.8) is 0 Å². The highest BCUT2D eigenvalue weighted by molar-refractivity contribution is 7.26. The van der Waals surface area contributed by atoms with Crippen molar-refractivity contribution < 1.29 is 4.42 Å². The van der Waals surface area contributed by atoms with Crippen molar-refractivity contribution in [2.24, 2.45) is 0 Å². The fourth-order valence-corrected chi connectivity index (χ4v) is 8.12. The molecule has 0 radical (unpaired) electrons. The van der Waals surface area contributed by atoms with Crippen LogP contribution < -0.4 is 0 Å². The maximum atomic E-state index is 6.47. The van der Waals surface area contributed by atoms with Gasteiger partial charge >= 0.3 is 0 Å². The average molecular weight is 658 g/mol. The Kier molecular flexibility index (Phi) is 6.64. The molecule has 0 aliphatic heterocycles. The first-order valence-electron chi connectivity index (χ1n) is 16.6. The minimum Gasteiger partial charge on any atom is -0.456 e. The Balaban J connectivity index is 1.09. The fourth-order valence-electron chi connectivity index (χ4n) is 6.88. The lowest BCUT2D eigenvalue weighted by atomic mass is 10.0. The summed E-state index contributed by atoms with van der Waals surface area (Å²) >= 11 is 1.84. The van der Waals surface area contributed by atoms with Crippen molar-refractivity contribution in [2.45, 2.75) is 0 Å². The lowest BCUT2D eigenvalue weighted by Crippen LogP contribution is -2.00. The van der Waals surface area contributed by atoms with Gasteiger partial charge in [0.05, 0.1) is 0 Å². The fraction of sp³-hybridized carbons (Fsp3) is 0. The molecule has 4 nitrogen and oxygen atoms in total. The first-order chi connectivity index (χ1) is 24.7. The number of rotatable bonds is 5. The first-order valence-corrected chi connectivity index (χ1v) is 17.4. The van der Waals surface area contributed by atoms with E-state index in [1.165, 1.54) is 25.7 Å². The highest BCUT2D eigenvalue weighted by Crippen LogP contribution is 2.41. The molecule has 0 amide bonds. The molecule has 0 saturated heterocycles. The standard InChI is InChI=1S/C45H27N3OS/c1-3-11-28(12-4-1)30-15-9-16-32(25-30)44-46-43(29-13-5-2-6-14-29)47-45(48-44)33-22-24-39-38(26-33)35-23-21-31(27-40(35)49-39)34-18-10-19-37-36-17-7-8-20-41(36)50-42(34)37/h1-27H. The second-order valence-corrected chi connectivity index (χ2v) is 13.5. The Morgan fingerprint density at radius 3 is 1.80 bits per heavy atom. The first kappa shape index (κ1) is 28.6. The van der Waals surface area contributed by atoms with E-state index in [1.807, 2.05) is 59.9 Å². The van der Waals surface area contributed by atoms with Crippen LogP contribution in [0.5, 0.6) is 0 Å². The van der Waals surface area contributed by atoms with Gasteiger partial charge in [0.2, 0.25) is 0 Å². The molecule has 0 spiro atoms. The highest BCUT2D eigenvalue weighted by Gasteiger charge is 2.17. The Hall–Kier alpha value is -6.43. The molecule has 0 fully saturated rings. The van der Waals surface area contributed by atoms with Crippen LogP contribution in [0.1, 0.15) is 0 Å². The number of hydrogen-bond donors (Lipinski definition) is 0. The zero-order valence-electron chi connectivity index (χ0n) is 26.7. The van der Waals surface area contributed by atoms with Gasteiger partial charge in [0, 0.05) is 47.6 Å². The minimum atomic E-state index is 0.614. The maximum absolute atomic E-state index is 6.47. The molecule has 0 saturated carbocycles. The molecule has 0 atom stereocenters. The van der Waals surface area contributed by atoms with Gasteiger partial charge in [-0.05, 0) is 64.7 Å². The SMILES string of the molecule is c1ccc(-c2cccc(-c3nc(-c4ccccc4)nc(-c4ccc5oc6cc(-c7cccc8c7sc7ccccc78)ccc6c5c4)n3)c2)cc1. The van der Waals surface area contributed by atoms with Crippen LogP contribution in [0, 0.1) is 0 Å². The average Bonchev–Trinajstić information content (AvgIpc) is 3.76. The van der Waals surface area contributed by atoms with Crippen LogP contribution in [-0.4, -0.2) is 15.0 Å². The number of hydrogen-bond acceptors (Lipinski definition) is 5. The van der Waals surface area contributed by atoms with E-state index < -0.39 is 0 Å². The van der Waals surface area contributed by atoms with E-state index >= 15 is 0 Å². The second-order valence-electron chi connectivity index (χ2n) is 12.4. The van der Waals surface area contributed by atoms with Gasteiger partial charge < -0.3 is 4.42 Å². The second kappa shape index (κ2) is 11.6. The number of benzene rings is 7. The summed E-state index contributed by atoms with van der Waals surface area (Å²) in [5, 5.41) is 4.67. The number of thiophene rings is 1. The number of furan rings is 1. The molecule has 0 unspecified atom stereocenters. The molecule has 3 heterocycles. The summed E-state index contributed by atoms with van der Waals surface area (Å²) in [6, 6.07) is 56.8. The summed E-state index contributed by atoms with van der Waals surface area (Å²) < 4.78 is 9.06. The van der Waals surface area contributed by atoms with E-state index in [9.17, 15) is 0 Å². The third-order valence-corrected chi connectivity index (χ3v) is 10.6. The van der Waals surface area contributed by atoms with Gasteiger partial charge in [0.15, 0.2) is 17.5 Å². The molecule has 50 heavy (non-hydrogen) atoms. The van der Waals surface area contributed by atoms with Crippen LogP contribution >= 0.6 is 11.3 Å². The molecule has 0 aliphatic carbocycles. The molecular formula is C45H27N3OS. The summed E-state index contributed by atoms with van der Waals surface area (Å²) in [5.41, 5.74) is 9.07. The molecular weight excluding hydrogens is 631 g/mol. The monoisotopic (exact) mass is 657 g/mol. The van der Waals surface area contributed by atoms with Crippen LogP contribution in [0.3, 0.4) is 0 Å². The van der Waals surface area contributed by atoms with Crippen molar-refractivity contribution in [1.82, 2.24) is 15.0 Å². The molecule has 7 aromatic carbocycles. The number of nitrogens with zero attached hydrogens (tertiary/aromatic N) is 3. The number of aromatic nitrogens is 3. The topological polar surface area (TPSA) is 51.8 Å². The molecule has 0 aliphatic rings. The maximum Gasteiger partial charge on any atom is 0.164 e. The largest absolute Gasteiger partial charge is 0.456 e. The van der Waals surface area contributed by atoms with E-state index in [2.05, 4.69) is 115 Å². The van der Waals surface area contributed by atoms with Crippen molar-refractivity contribution in [2.75, 3.05) is 0 Å². The molecule has 10 rings (SSSR count). The van der Waals surface area contributed by atoms with Gasteiger partial charge in [-0.1, -0.05) is 121 Å². The van der Waals surface area contributed by atoms with Crippen LogP contribution in [0.2, 0.25) is 0 Å². The highest BCUT2D eigenvalue weighted by atomic mass is 32.1. The zero-order valence-corrected chi connectivity index (χ0v) is 27.6. The summed E-state index contributed by atoms with van der Waals surface area (Å²) in [7, 11) is 0. The van der Waals surface area contributed by atoms with Crippen molar-refractivity contribution >= 4 is 53.4 Å². The summed E-state index contributed by atoms with van der Waals surface area (Å²) in [5.74, 6) is 1.88. The van der Waals surface area contributed by atoms with E-state index in [1.54, 1.807) is 0 Å². The van der Waals surface area contributed by atoms with E-state index in [-0.39, 0.29) is 0 Å². The Morgan fingerprint density at radius 2 is 0.980 bits per heavy atom. The van der Waals surface area contributed by atoms with Gasteiger partial charge in [0.25, 0.3) is 0 Å². The van der Waals surface area contributed by atoms with Gasteiger partial charge in [-0.2, -0.15) is 0 Å². The lowest BCUT2D eigenvalue weighted by Gasteiger charge is -2.10. The third-order valence-electron chi connectivity index (χ3n) is 9.34. The Morgan fingerprint density at radius 1 is 0.360 bits per heavy atom. The van der Waals surface area contributed by atoms with Crippen LogP contribution in [0.25, 0.3) is 98.5 Å². The van der Waals surface area contributed by atoms with Crippen LogP contribution in [-0.2, 0) is 0 Å². The molecule has 10 aromatic rings. The smallest absolute Gasteiger partial charge is 0.164 e. The van der Waals surface area contributed by atoms with Crippen LogP contribution in [0.4, 0.5) is 0 Å². The predicted octanol–water partition coefficient (Wildman–Crippen LogP) is 12.5. The Bertz CT molecular complexity index is 2870. The predicted molar refractivity (Wildman–Crippen MR) is 207 cm³/mol. The van der Waals surface area contributed by atoms with E-state index in [0.717, 1.165) is 55.3 Å².